The Hall–Kier alpha value is -2.17. The van der Waals surface area contributed by atoms with E-state index < -0.39 is 22.8 Å². The Kier molecular flexibility index (Phi) is 5.31. The normalized spacial score (nSPS) is 30.8. The van der Waals surface area contributed by atoms with Crippen LogP contribution in [0.15, 0.2) is 34.9 Å². The zero-order valence-electron chi connectivity index (χ0n) is 16.4. The average molecular weight is 360 g/mol. The number of carbonyl (C=O) groups excluding carboxylic acids is 2. The summed E-state index contributed by atoms with van der Waals surface area (Å²) < 4.78 is 4.74. The van der Waals surface area contributed by atoms with Crippen molar-refractivity contribution < 1.29 is 24.2 Å². The number of hydrogen-bond donors (Lipinski definition) is 1. The van der Waals surface area contributed by atoms with Crippen LogP contribution >= 0.6 is 0 Å². The van der Waals surface area contributed by atoms with Crippen LogP contribution in [0.3, 0.4) is 0 Å². The summed E-state index contributed by atoms with van der Waals surface area (Å²) in [6.45, 7) is 9.20. The zero-order valence-corrected chi connectivity index (χ0v) is 16.4. The minimum absolute atomic E-state index is 0.0290. The molecule has 3 atom stereocenters. The fourth-order valence-electron chi connectivity index (χ4n) is 4.78. The summed E-state index contributed by atoms with van der Waals surface area (Å²) in [5.74, 6) is -2.03. The minimum atomic E-state index is -1.08. The van der Waals surface area contributed by atoms with Gasteiger partial charge in [0.1, 0.15) is 0 Å². The van der Waals surface area contributed by atoms with Gasteiger partial charge in [-0.3, -0.25) is 9.59 Å². The number of methoxy groups -OCH3 is 1. The molecule has 5 nitrogen and oxygen atoms in total. The lowest BCUT2D eigenvalue weighted by Crippen LogP contribution is -2.31. The van der Waals surface area contributed by atoms with Gasteiger partial charge in [0.2, 0.25) is 0 Å². The smallest absolute Gasteiger partial charge is 0.333 e. The van der Waals surface area contributed by atoms with Gasteiger partial charge in [-0.15, -0.1) is 0 Å². The molecule has 0 heterocycles. The van der Waals surface area contributed by atoms with Gasteiger partial charge in [-0.1, -0.05) is 37.6 Å². The predicted molar refractivity (Wildman–Crippen MR) is 98.4 cm³/mol. The Balaban J connectivity index is 2.50. The van der Waals surface area contributed by atoms with Crippen molar-refractivity contribution >= 4 is 17.7 Å². The van der Waals surface area contributed by atoms with Crippen LogP contribution in [0.5, 0.6) is 0 Å². The number of carboxylic acid groups (broad SMARTS) is 1. The molecule has 0 saturated heterocycles. The van der Waals surface area contributed by atoms with Crippen molar-refractivity contribution in [3.63, 3.8) is 0 Å². The molecule has 2 aliphatic carbocycles. The van der Waals surface area contributed by atoms with E-state index in [1.807, 2.05) is 39.8 Å². The average Bonchev–Trinajstić information content (AvgIpc) is 2.92. The number of carboxylic acids is 1. The van der Waals surface area contributed by atoms with Crippen molar-refractivity contribution in [1.29, 1.82) is 0 Å². The van der Waals surface area contributed by atoms with Gasteiger partial charge in [0, 0.05) is 23.8 Å². The van der Waals surface area contributed by atoms with E-state index in [4.69, 9.17) is 4.74 Å². The molecule has 0 aromatic rings. The number of ketones is 1. The second-order valence-electron chi connectivity index (χ2n) is 7.83. The molecule has 0 bridgehead atoms. The highest BCUT2D eigenvalue weighted by Crippen LogP contribution is 2.75. The van der Waals surface area contributed by atoms with Crippen molar-refractivity contribution in [1.82, 2.24) is 0 Å². The van der Waals surface area contributed by atoms with E-state index in [9.17, 15) is 19.5 Å². The van der Waals surface area contributed by atoms with Crippen LogP contribution in [0.1, 0.15) is 47.5 Å². The Labute approximate surface area is 154 Å². The topological polar surface area (TPSA) is 80.7 Å². The number of allylic oxidation sites excluding steroid dienone is 5. The monoisotopic (exact) mass is 360 g/mol. The highest BCUT2D eigenvalue weighted by Gasteiger charge is 2.78. The molecule has 0 amide bonds. The largest absolute Gasteiger partial charge is 0.481 e. The quantitative estimate of drug-likeness (QED) is 0.444. The van der Waals surface area contributed by atoms with Gasteiger partial charge in [0.05, 0.1) is 12.5 Å². The van der Waals surface area contributed by atoms with E-state index >= 15 is 0 Å². The Bertz CT molecular complexity index is 738. The molecule has 1 saturated carbocycles. The number of esters is 1. The Morgan fingerprint density at radius 2 is 1.96 bits per heavy atom. The maximum absolute atomic E-state index is 12.5. The van der Waals surface area contributed by atoms with Crippen LogP contribution in [0.25, 0.3) is 0 Å². The van der Waals surface area contributed by atoms with Crippen molar-refractivity contribution in [3.05, 3.63) is 34.9 Å². The summed E-state index contributed by atoms with van der Waals surface area (Å²) in [7, 11) is 1.30. The standard InChI is InChI=1S/C21H28O5/c1-7-8-9-14-13(3)15(11-16(14)22)21(19(24)25)17(20(21,4)5)10-12(2)18(23)26-6/h7-8,10,15,17H,9,11H2,1-6H3,(H,24,25)/b8-7+,12-10+/t15-,17+,21+/m1/s1. The molecule has 1 N–H and O–H groups in total. The SMILES string of the molecule is C/C=C/CC1=C(C)[C@H]([C@@]2(C(=O)O)[C@@H](/C=C(\C)C(=O)OC)C2(C)C)CC1=O. The van der Waals surface area contributed by atoms with E-state index in [1.54, 1.807) is 13.0 Å². The molecule has 142 valence electrons. The lowest BCUT2D eigenvalue weighted by atomic mass is 9.78. The van der Waals surface area contributed by atoms with Gasteiger partial charge in [-0.2, -0.15) is 0 Å². The molecule has 0 aliphatic heterocycles. The van der Waals surface area contributed by atoms with Crippen LogP contribution < -0.4 is 0 Å². The van der Waals surface area contributed by atoms with Crippen LogP contribution in [0, 0.1) is 22.7 Å². The van der Waals surface area contributed by atoms with Gasteiger partial charge >= 0.3 is 11.9 Å². The number of Topliss-reactive ketones (excluding diaryl/α,β-unsaturated/α-hetero) is 1. The summed E-state index contributed by atoms with van der Waals surface area (Å²) in [6, 6.07) is 0. The minimum Gasteiger partial charge on any atom is -0.481 e. The highest BCUT2D eigenvalue weighted by molar-refractivity contribution is 6.01. The molecular weight excluding hydrogens is 332 g/mol. The molecular formula is C21H28O5. The number of aliphatic carboxylic acids is 1. The third-order valence-corrected chi connectivity index (χ3v) is 6.36. The number of rotatable bonds is 6. The van der Waals surface area contributed by atoms with E-state index in [2.05, 4.69) is 0 Å². The molecule has 0 aromatic heterocycles. The molecule has 0 unspecified atom stereocenters. The molecule has 26 heavy (non-hydrogen) atoms. The van der Waals surface area contributed by atoms with E-state index in [-0.39, 0.29) is 24.0 Å². The lowest BCUT2D eigenvalue weighted by Gasteiger charge is -2.24. The van der Waals surface area contributed by atoms with Crippen LogP contribution in [0.2, 0.25) is 0 Å². The Morgan fingerprint density at radius 1 is 1.35 bits per heavy atom. The van der Waals surface area contributed by atoms with Gasteiger partial charge in [0.15, 0.2) is 5.78 Å². The second kappa shape index (κ2) is 6.86. The van der Waals surface area contributed by atoms with E-state index in [0.29, 0.717) is 12.0 Å². The summed E-state index contributed by atoms with van der Waals surface area (Å²) in [5, 5.41) is 10.2. The van der Waals surface area contributed by atoms with Crippen LogP contribution in [-0.4, -0.2) is 29.9 Å². The zero-order chi connectivity index (χ0) is 19.9. The van der Waals surface area contributed by atoms with Crippen molar-refractivity contribution in [2.75, 3.05) is 7.11 Å². The Morgan fingerprint density at radius 3 is 2.46 bits per heavy atom. The molecule has 1 fully saturated rings. The first kappa shape index (κ1) is 20.1. The first-order chi connectivity index (χ1) is 12.1. The van der Waals surface area contributed by atoms with E-state index in [1.165, 1.54) is 7.11 Å². The summed E-state index contributed by atoms with van der Waals surface area (Å²) >= 11 is 0. The molecule has 0 aromatic carbocycles. The maximum atomic E-state index is 12.5. The van der Waals surface area contributed by atoms with Gasteiger partial charge in [-0.05, 0) is 38.2 Å². The van der Waals surface area contributed by atoms with Crippen molar-refractivity contribution in [2.24, 2.45) is 22.7 Å². The van der Waals surface area contributed by atoms with Crippen molar-refractivity contribution in [3.8, 4) is 0 Å². The fourth-order valence-corrected chi connectivity index (χ4v) is 4.78. The van der Waals surface area contributed by atoms with Gasteiger partial charge in [-0.25, -0.2) is 4.79 Å². The summed E-state index contributed by atoms with van der Waals surface area (Å²) in [6.07, 6.45) is 6.27. The lowest BCUT2D eigenvalue weighted by molar-refractivity contribution is -0.147. The number of ether oxygens (including phenoxy) is 1. The first-order valence-corrected chi connectivity index (χ1v) is 8.91. The van der Waals surface area contributed by atoms with Gasteiger partial charge < -0.3 is 9.84 Å². The highest BCUT2D eigenvalue weighted by atomic mass is 16.5. The summed E-state index contributed by atoms with van der Waals surface area (Å²) in [5.41, 5.74) is 0.351. The third kappa shape index (κ3) is 2.74. The maximum Gasteiger partial charge on any atom is 0.333 e. The second-order valence-corrected chi connectivity index (χ2v) is 7.83. The number of hydrogen-bond acceptors (Lipinski definition) is 4. The van der Waals surface area contributed by atoms with Gasteiger partial charge in [0.25, 0.3) is 0 Å². The first-order valence-electron chi connectivity index (χ1n) is 8.91. The van der Waals surface area contributed by atoms with Crippen LogP contribution in [-0.2, 0) is 19.1 Å². The van der Waals surface area contributed by atoms with Crippen LogP contribution in [0.4, 0.5) is 0 Å². The molecule has 5 heteroatoms. The predicted octanol–water partition coefficient (Wildman–Crippen LogP) is 3.70. The third-order valence-electron chi connectivity index (χ3n) is 6.36. The van der Waals surface area contributed by atoms with E-state index in [0.717, 1.165) is 11.1 Å². The molecule has 2 rings (SSSR count). The fraction of sp³-hybridized carbons (Fsp3) is 0.571. The summed E-state index contributed by atoms with van der Waals surface area (Å²) in [4.78, 5) is 36.7. The van der Waals surface area contributed by atoms with Crippen molar-refractivity contribution in [2.45, 2.75) is 47.5 Å². The molecule has 0 spiro atoms. The molecule has 0 radical (unpaired) electrons. The molecule has 2 aliphatic rings. The number of carbonyl (C=O) groups is 3.